The maximum Gasteiger partial charge on any atom is 0.419 e. The number of ether oxygens (including phenoxy) is 1. The average molecular weight is 499 g/mol. The Morgan fingerprint density at radius 1 is 1.18 bits per heavy atom. The Morgan fingerprint density at radius 2 is 1.79 bits per heavy atom. The fourth-order valence-corrected chi connectivity index (χ4v) is 3.58. The second-order valence-corrected chi connectivity index (χ2v) is 7.88. The molecule has 0 radical (unpaired) electrons. The van der Waals surface area contributed by atoms with Crippen LogP contribution >= 0.6 is 0 Å². The molecule has 1 aromatic heterocycles. The number of carbonyl (C=O) groups is 2. The summed E-state index contributed by atoms with van der Waals surface area (Å²) in [4.78, 5) is 34.3. The minimum Gasteiger partial charge on any atom is -0.448 e. The third kappa shape index (κ3) is 6.37. The summed E-state index contributed by atoms with van der Waals surface area (Å²) in [5.74, 6) is -3.34. The van der Waals surface area contributed by atoms with Crippen molar-refractivity contribution in [2.24, 2.45) is 5.92 Å². The topological polar surface area (TPSA) is 112 Å². The van der Waals surface area contributed by atoms with Crippen LogP contribution in [-0.2, 0) is 15.7 Å². The second-order valence-electron chi connectivity index (χ2n) is 7.88. The van der Waals surface area contributed by atoms with Crippen LogP contribution in [-0.4, -0.2) is 84.5 Å². The van der Waals surface area contributed by atoms with Crippen molar-refractivity contribution in [3.05, 3.63) is 18.0 Å². The number of hydrogen-bond acceptors (Lipinski definition) is 8. The van der Waals surface area contributed by atoms with E-state index in [1.165, 1.54) is 11.8 Å². The first-order chi connectivity index (χ1) is 15.9. The zero-order valence-electron chi connectivity index (χ0n) is 17.9. The van der Waals surface area contributed by atoms with Crippen molar-refractivity contribution < 1.29 is 40.7 Å². The van der Waals surface area contributed by atoms with E-state index in [0.29, 0.717) is 12.4 Å². The average Bonchev–Trinajstić information content (AvgIpc) is 2.76. The molecule has 2 unspecified atom stereocenters. The molecule has 0 aromatic carbocycles. The summed E-state index contributed by atoms with van der Waals surface area (Å²) in [6.45, 7) is 2.01. The molecule has 190 valence electrons. The molecule has 3 atom stereocenters. The molecule has 2 aliphatic heterocycles. The zero-order valence-corrected chi connectivity index (χ0v) is 17.9. The van der Waals surface area contributed by atoms with Gasteiger partial charge in [0.2, 0.25) is 11.9 Å². The lowest BCUT2D eigenvalue weighted by Crippen LogP contribution is -2.65. The van der Waals surface area contributed by atoms with Gasteiger partial charge in [0.1, 0.15) is 6.61 Å². The molecule has 2 aliphatic rings. The molecule has 3 N–H and O–H groups in total. The van der Waals surface area contributed by atoms with Crippen molar-refractivity contribution in [2.75, 3.05) is 44.2 Å². The van der Waals surface area contributed by atoms with Crippen molar-refractivity contribution in [3.63, 3.8) is 0 Å². The highest BCUT2D eigenvalue weighted by molar-refractivity contribution is 5.80. The number of nitrogens with zero attached hydrogens (tertiary/aromatic N) is 4. The number of hydrogen-bond donors (Lipinski definition) is 3. The standard InChI is InChI=1S/C18H23F6N7O3/c1-10(28-12-8-27-29-14(32)13(12)18(22,23)24)9-34-16(33)31-4-2-30(3-5-31)15-25-6-11(7-26-15)17(19,20)21/h6-7,10,12-13,27-28H,2-5,8-9H2,1H3,(H,29,32)/t10-,12?,13?/m1/s1. The molecule has 10 nitrogen and oxygen atoms in total. The van der Waals surface area contributed by atoms with Gasteiger partial charge in [0, 0.05) is 57.2 Å². The highest BCUT2D eigenvalue weighted by Crippen LogP contribution is 2.30. The molecule has 0 saturated carbocycles. The summed E-state index contributed by atoms with van der Waals surface area (Å²) >= 11 is 0. The first kappa shape index (κ1) is 25.7. The Labute approximate surface area is 190 Å². The molecule has 1 aromatic rings. The van der Waals surface area contributed by atoms with Gasteiger partial charge in [-0.15, -0.1) is 0 Å². The van der Waals surface area contributed by atoms with Gasteiger partial charge in [0.25, 0.3) is 0 Å². The Balaban J connectivity index is 1.45. The number of anilines is 1. The Hall–Kier alpha value is -2.88. The van der Waals surface area contributed by atoms with Crippen molar-refractivity contribution >= 4 is 17.9 Å². The summed E-state index contributed by atoms with van der Waals surface area (Å²) in [5, 5.41) is 2.66. The van der Waals surface area contributed by atoms with E-state index in [1.807, 2.05) is 5.43 Å². The van der Waals surface area contributed by atoms with Gasteiger partial charge >= 0.3 is 18.4 Å². The minimum absolute atomic E-state index is 0.100. The monoisotopic (exact) mass is 499 g/mol. The number of halogens is 6. The Morgan fingerprint density at radius 3 is 2.35 bits per heavy atom. The van der Waals surface area contributed by atoms with E-state index < -0.39 is 47.9 Å². The third-order valence-corrected chi connectivity index (χ3v) is 5.31. The highest BCUT2D eigenvalue weighted by atomic mass is 19.4. The number of carbonyl (C=O) groups excluding carboxylic acids is 2. The molecular weight excluding hydrogens is 476 g/mol. The van der Waals surface area contributed by atoms with Crippen LogP contribution in [0, 0.1) is 5.92 Å². The fourth-order valence-electron chi connectivity index (χ4n) is 3.58. The summed E-state index contributed by atoms with van der Waals surface area (Å²) in [6.07, 6.45) is -8.59. The third-order valence-electron chi connectivity index (χ3n) is 5.31. The zero-order chi connectivity index (χ0) is 25.1. The molecule has 3 rings (SSSR count). The summed E-state index contributed by atoms with van der Waals surface area (Å²) < 4.78 is 82.6. The molecule has 2 amide bonds. The van der Waals surface area contributed by atoms with Crippen LogP contribution in [0.4, 0.5) is 37.1 Å². The number of hydrazine groups is 1. The van der Waals surface area contributed by atoms with Crippen LogP contribution < -0.4 is 21.1 Å². The van der Waals surface area contributed by atoms with E-state index >= 15 is 0 Å². The van der Waals surface area contributed by atoms with Crippen LogP contribution in [0.3, 0.4) is 0 Å². The van der Waals surface area contributed by atoms with Crippen molar-refractivity contribution in [3.8, 4) is 0 Å². The lowest BCUT2D eigenvalue weighted by molar-refractivity contribution is -0.193. The van der Waals surface area contributed by atoms with E-state index in [-0.39, 0.29) is 45.3 Å². The molecule has 0 aliphatic carbocycles. The lowest BCUT2D eigenvalue weighted by atomic mass is 9.96. The fraction of sp³-hybridized carbons (Fsp3) is 0.667. The quantitative estimate of drug-likeness (QED) is 0.513. The largest absolute Gasteiger partial charge is 0.448 e. The number of alkyl halides is 6. The van der Waals surface area contributed by atoms with Gasteiger partial charge in [-0.3, -0.25) is 10.2 Å². The number of amides is 2. The van der Waals surface area contributed by atoms with E-state index in [1.54, 1.807) is 4.90 Å². The van der Waals surface area contributed by atoms with E-state index in [4.69, 9.17) is 4.74 Å². The SMILES string of the molecule is C[C@H](COC(=O)N1CCN(c2ncc(C(F)(F)F)cn2)CC1)NC1CNNC(=O)C1C(F)(F)F. The van der Waals surface area contributed by atoms with Gasteiger partial charge in [-0.1, -0.05) is 0 Å². The van der Waals surface area contributed by atoms with Crippen LogP contribution in [0.1, 0.15) is 12.5 Å². The van der Waals surface area contributed by atoms with Gasteiger partial charge in [0.15, 0.2) is 5.92 Å². The summed E-state index contributed by atoms with van der Waals surface area (Å²) in [5.41, 5.74) is 3.38. The molecule has 2 fully saturated rings. The first-order valence-corrected chi connectivity index (χ1v) is 10.3. The van der Waals surface area contributed by atoms with Gasteiger partial charge in [-0.2, -0.15) is 26.3 Å². The van der Waals surface area contributed by atoms with Gasteiger partial charge in [-0.25, -0.2) is 20.2 Å². The molecule has 34 heavy (non-hydrogen) atoms. The summed E-state index contributed by atoms with van der Waals surface area (Å²) in [6, 6.07) is -1.91. The normalized spacial score (nSPS) is 22.9. The smallest absolute Gasteiger partial charge is 0.419 e. The van der Waals surface area contributed by atoms with Gasteiger partial charge < -0.3 is 19.9 Å². The van der Waals surface area contributed by atoms with Crippen molar-refractivity contribution in [2.45, 2.75) is 31.4 Å². The number of piperazine rings is 1. The second kappa shape index (κ2) is 10.2. The van der Waals surface area contributed by atoms with E-state index in [2.05, 4.69) is 20.7 Å². The first-order valence-electron chi connectivity index (χ1n) is 10.3. The molecule has 16 heteroatoms. The van der Waals surface area contributed by atoms with Crippen LogP contribution in [0.25, 0.3) is 0 Å². The van der Waals surface area contributed by atoms with Gasteiger partial charge in [-0.05, 0) is 6.92 Å². The van der Waals surface area contributed by atoms with Gasteiger partial charge in [0.05, 0.1) is 5.56 Å². The van der Waals surface area contributed by atoms with Crippen LogP contribution in [0.5, 0.6) is 0 Å². The van der Waals surface area contributed by atoms with Crippen LogP contribution in [0.15, 0.2) is 12.4 Å². The minimum atomic E-state index is -4.74. The Bertz CT molecular complexity index is 859. The summed E-state index contributed by atoms with van der Waals surface area (Å²) in [7, 11) is 0. The molecule has 3 heterocycles. The van der Waals surface area contributed by atoms with Crippen molar-refractivity contribution in [1.82, 2.24) is 31.0 Å². The van der Waals surface area contributed by atoms with Crippen LogP contribution in [0.2, 0.25) is 0 Å². The Kier molecular flexibility index (Phi) is 7.70. The molecular formula is C18H23F6N7O3. The van der Waals surface area contributed by atoms with E-state index in [9.17, 15) is 35.9 Å². The van der Waals surface area contributed by atoms with E-state index in [0.717, 1.165) is 0 Å². The van der Waals surface area contributed by atoms with Crippen molar-refractivity contribution in [1.29, 1.82) is 0 Å². The highest BCUT2D eigenvalue weighted by Gasteiger charge is 2.51. The maximum atomic E-state index is 13.2. The predicted octanol–water partition coefficient (Wildman–Crippen LogP) is 0.914. The number of nitrogens with one attached hydrogen (secondary N) is 3. The number of rotatable bonds is 5. The lowest BCUT2D eigenvalue weighted by Gasteiger charge is -2.36. The molecule has 2 saturated heterocycles. The molecule has 0 bridgehead atoms. The molecule has 0 spiro atoms. The predicted molar refractivity (Wildman–Crippen MR) is 104 cm³/mol. The number of aromatic nitrogens is 2. The maximum absolute atomic E-state index is 13.2.